The van der Waals surface area contributed by atoms with Gasteiger partial charge in [-0.15, -0.1) is 0 Å². The van der Waals surface area contributed by atoms with Gasteiger partial charge in [0.15, 0.2) is 17.1 Å². The van der Waals surface area contributed by atoms with Crippen LogP contribution in [-0.4, -0.2) is 12.1 Å². The van der Waals surface area contributed by atoms with Crippen LogP contribution in [0.15, 0.2) is 45.6 Å². The van der Waals surface area contributed by atoms with Crippen molar-refractivity contribution in [3.63, 3.8) is 0 Å². The first-order chi connectivity index (χ1) is 10.1. The van der Waals surface area contributed by atoms with Crippen molar-refractivity contribution in [2.45, 2.75) is 6.04 Å². The Labute approximate surface area is 119 Å². The predicted octanol–water partition coefficient (Wildman–Crippen LogP) is 2.32. The van der Waals surface area contributed by atoms with Crippen LogP contribution in [0.5, 0.6) is 5.75 Å². The Morgan fingerprint density at radius 3 is 2.71 bits per heavy atom. The highest BCUT2D eigenvalue weighted by molar-refractivity contribution is 5.73. The summed E-state index contributed by atoms with van der Waals surface area (Å²) in [6.07, 6.45) is 0. The summed E-state index contributed by atoms with van der Waals surface area (Å²) in [5.74, 6) is -0.822. The van der Waals surface area contributed by atoms with Crippen molar-refractivity contribution < 1.29 is 13.5 Å². The third kappa shape index (κ3) is 2.41. The lowest BCUT2D eigenvalue weighted by atomic mass is 9.99. The zero-order chi connectivity index (χ0) is 15.0. The summed E-state index contributed by atoms with van der Waals surface area (Å²) in [6.45, 7) is 0. The number of rotatable bonds is 3. The molecule has 0 spiro atoms. The van der Waals surface area contributed by atoms with E-state index in [0.29, 0.717) is 16.7 Å². The maximum Gasteiger partial charge on any atom is 0.417 e. The Bertz CT molecular complexity index is 853. The number of fused-ring (bicyclic) bond motifs is 1. The molecule has 3 aromatic rings. The first-order valence-corrected chi connectivity index (χ1v) is 6.30. The second kappa shape index (κ2) is 5.06. The largest absolute Gasteiger partial charge is 0.494 e. The van der Waals surface area contributed by atoms with E-state index in [1.165, 1.54) is 13.2 Å². The molecule has 0 bridgehead atoms. The molecule has 0 amide bonds. The molecule has 3 N–H and O–H groups in total. The van der Waals surface area contributed by atoms with Gasteiger partial charge in [0.1, 0.15) is 0 Å². The molecule has 1 unspecified atom stereocenters. The van der Waals surface area contributed by atoms with Crippen LogP contribution in [0.3, 0.4) is 0 Å². The number of hydrogen-bond acceptors (Lipinski definition) is 4. The number of nitrogens with two attached hydrogens (primary N) is 1. The van der Waals surface area contributed by atoms with Crippen LogP contribution in [0.1, 0.15) is 17.2 Å². The number of halogens is 1. The maximum absolute atomic E-state index is 13.4. The smallest absolute Gasteiger partial charge is 0.417 e. The number of aromatic amines is 1. The van der Waals surface area contributed by atoms with E-state index in [4.69, 9.17) is 14.9 Å². The fourth-order valence-electron chi connectivity index (χ4n) is 2.22. The summed E-state index contributed by atoms with van der Waals surface area (Å²) in [5, 5.41) is 0. The Kier molecular flexibility index (Phi) is 3.23. The van der Waals surface area contributed by atoms with Crippen molar-refractivity contribution in [1.82, 2.24) is 4.98 Å². The third-order valence-electron chi connectivity index (χ3n) is 3.34. The highest BCUT2D eigenvalue weighted by atomic mass is 19.1. The molecule has 108 valence electrons. The van der Waals surface area contributed by atoms with E-state index in [1.54, 1.807) is 30.3 Å². The third-order valence-corrected chi connectivity index (χ3v) is 3.34. The van der Waals surface area contributed by atoms with E-state index in [0.717, 1.165) is 5.56 Å². The molecule has 0 saturated carbocycles. The van der Waals surface area contributed by atoms with E-state index in [-0.39, 0.29) is 5.75 Å². The molecule has 1 atom stereocenters. The van der Waals surface area contributed by atoms with Crippen molar-refractivity contribution in [2.24, 2.45) is 5.73 Å². The Morgan fingerprint density at radius 1 is 1.24 bits per heavy atom. The summed E-state index contributed by atoms with van der Waals surface area (Å²) < 4.78 is 23.4. The zero-order valence-corrected chi connectivity index (χ0v) is 11.2. The molecule has 0 aliphatic carbocycles. The van der Waals surface area contributed by atoms with Gasteiger partial charge >= 0.3 is 5.76 Å². The van der Waals surface area contributed by atoms with Crippen molar-refractivity contribution in [1.29, 1.82) is 0 Å². The minimum absolute atomic E-state index is 0.136. The van der Waals surface area contributed by atoms with Crippen LogP contribution in [0, 0.1) is 5.82 Å². The van der Waals surface area contributed by atoms with Gasteiger partial charge < -0.3 is 14.9 Å². The molecular weight excluding hydrogens is 275 g/mol. The average Bonchev–Trinajstić information content (AvgIpc) is 2.86. The number of nitrogens with one attached hydrogen (secondary N) is 1. The first-order valence-electron chi connectivity index (χ1n) is 6.30. The van der Waals surface area contributed by atoms with Gasteiger partial charge in [0.2, 0.25) is 0 Å². The molecule has 0 aliphatic rings. The van der Waals surface area contributed by atoms with Gasteiger partial charge in [-0.1, -0.05) is 12.1 Å². The molecule has 5 nitrogen and oxygen atoms in total. The van der Waals surface area contributed by atoms with Gasteiger partial charge in [-0.2, -0.15) is 0 Å². The van der Waals surface area contributed by atoms with Gasteiger partial charge in [-0.05, 0) is 35.4 Å². The number of ether oxygens (including phenoxy) is 1. The Balaban J connectivity index is 2.02. The second-order valence-corrected chi connectivity index (χ2v) is 4.64. The summed E-state index contributed by atoms with van der Waals surface area (Å²) >= 11 is 0. The lowest BCUT2D eigenvalue weighted by Gasteiger charge is -2.14. The minimum atomic E-state index is -0.515. The first kappa shape index (κ1) is 13.4. The summed E-state index contributed by atoms with van der Waals surface area (Å²) in [4.78, 5) is 13.7. The van der Waals surface area contributed by atoms with Crippen LogP contribution < -0.4 is 16.2 Å². The molecule has 3 rings (SSSR count). The van der Waals surface area contributed by atoms with Crippen molar-refractivity contribution >= 4 is 11.1 Å². The molecule has 0 fully saturated rings. The van der Waals surface area contributed by atoms with Crippen LogP contribution >= 0.6 is 0 Å². The summed E-state index contributed by atoms with van der Waals surface area (Å²) in [7, 11) is 1.40. The van der Waals surface area contributed by atoms with Crippen molar-refractivity contribution in [2.75, 3.05) is 7.11 Å². The predicted molar refractivity (Wildman–Crippen MR) is 75.8 cm³/mol. The summed E-state index contributed by atoms with van der Waals surface area (Å²) in [5.41, 5.74) is 8.67. The quantitative estimate of drug-likeness (QED) is 0.775. The van der Waals surface area contributed by atoms with E-state index < -0.39 is 17.6 Å². The molecule has 2 aromatic carbocycles. The average molecular weight is 288 g/mol. The van der Waals surface area contributed by atoms with Crippen LogP contribution in [0.25, 0.3) is 11.1 Å². The fourth-order valence-corrected chi connectivity index (χ4v) is 2.22. The van der Waals surface area contributed by atoms with Gasteiger partial charge in [0.05, 0.1) is 18.7 Å². The number of oxazole rings is 1. The lowest BCUT2D eigenvalue weighted by Crippen LogP contribution is -2.12. The Morgan fingerprint density at radius 2 is 1.95 bits per heavy atom. The lowest BCUT2D eigenvalue weighted by molar-refractivity contribution is 0.385. The molecule has 1 aromatic heterocycles. The number of aromatic nitrogens is 1. The molecule has 6 heteroatoms. The number of benzene rings is 2. The molecule has 0 aliphatic heterocycles. The normalized spacial score (nSPS) is 12.5. The van der Waals surface area contributed by atoms with E-state index >= 15 is 0 Å². The van der Waals surface area contributed by atoms with Gasteiger partial charge in [-0.25, -0.2) is 9.18 Å². The van der Waals surface area contributed by atoms with Crippen LogP contribution in [0.4, 0.5) is 4.39 Å². The molecule has 0 radical (unpaired) electrons. The molecular formula is C15H13FN2O3. The monoisotopic (exact) mass is 288 g/mol. The molecule has 1 heterocycles. The number of H-pyrrole nitrogens is 1. The zero-order valence-electron chi connectivity index (χ0n) is 11.2. The van der Waals surface area contributed by atoms with Gasteiger partial charge in [0, 0.05) is 0 Å². The number of methoxy groups -OCH3 is 1. The van der Waals surface area contributed by atoms with Crippen LogP contribution in [-0.2, 0) is 0 Å². The van der Waals surface area contributed by atoms with Crippen molar-refractivity contribution in [3.8, 4) is 5.75 Å². The number of hydrogen-bond donors (Lipinski definition) is 2. The topological polar surface area (TPSA) is 81.2 Å². The molecule has 0 saturated heterocycles. The minimum Gasteiger partial charge on any atom is -0.494 e. The van der Waals surface area contributed by atoms with Crippen molar-refractivity contribution in [3.05, 3.63) is 63.9 Å². The van der Waals surface area contributed by atoms with Crippen LogP contribution in [0.2, 0.25) is 0 Å². The highest BCUT2D eigenvalue weighted by Crippen LogP contribution is 2.26. The maximum atomic E-state index is 13.4. The van der Waals surface area contributed by atoms with Gasteiger partial charge in [0.25, 0.3) is 0 Å². The second-order valence-electron chi connectivity index (χ2n) is 4.64. The highest BCUT2D eigenvalue weighted by Gasteiger charge is 2.13. The van der Waals surface area contributed by atoms with E-state index in [9.17, 15) is 9.18 Å². The van der Waals surface area contributed by atoms with Gasteiger partial charge in [-0.3, -0.25) is 4.98 Å². The SMILES string of the molecule is COc1cc(C(N)c2ccc3[nH]c(=O)oc3c2)ccc1F. The standard InChI is InChI=1S/C15H13FN2O3/c1-20-12-6-8(2-4-10(12)16)14(17)9-3-5-11-13(7-9)21-15(19)18-11/h2-7,14H,17H2,1H3,(H,18,19). The van der Waals surface area contributed by atoms with E-state index in [2.05, 4.69) is 4.98 Å². The summed E-state index contributed by atoms with van der Waals surface area (Å²) in [6, 6.07) is 9.17. The molecule has 21 heavy (non-hydrogen) atoms. The van der Waals surface area contributed by atoms with E-state index in [1.807, 2.05) is 0 Å². The Hall–Kier alpha value is -2.60. The fraction of sp³-hybridized carbons (Fsp3) is 0.133.